The number of rotatable bonds is 9. The molecule has 0 aromatic heterocycles. The Labute approximate surface area is 102 Å². The van der Waals surface area contributed by atoms with Crippen molar-refractivity contribution < 1.29 is 4.74 Å². The Bertz CT molecular complexity index is 168. The Morgan fingerprint density at radius 1 is 1.12 bits per heavy atom. The second-order valence-corrected chi connectivity index (χ2v) is 5.23. The summed E-state index contributed by atoms with van der Waals surface area (Å²) in [6.45, 7) is 15.1. The van der Waals surface area contributed by atoms with Crippen LogP contribution < -0.4 is 5.32 Å². The summed E-state index contributed by atoms with van der Waals surface area (Å²) in [7, 11) is 0. The molecule has 0 saturated heterocycles. The van der Waals surface area contributed by atoms with E-state index in [0.29, 0.717) is 12.0 Å². The fourth-order valence-corrected chi connectivity index (χ4v) is 2.52. The Morgan fingerprint density at radius 2 is 1.75 bits per heavy atom. The van der Waals surface area contributed by atoms with Crippen LogP contribution in [0.15, 0.2) is 0 Å². The topological polar surface area (TPSA) is 21.3 Å². The van der Waals surface area contributed by atoms with Gasteiger partial charge in [-0.1, -0.05) is 27.2 Å². The molecule has 0 aliphatic carbocycles. The van der Waals surface area contributed by atoms with Crippen molar-refractivity contribution in [1.82, 2.24) is 5.32 Å². The van der Waals surface area contributed by atoms with E-state index in [4.69, 9.17) is 4.74 Å². The SMILES string of the molecule is CCCNC(C(C)CCC)C(C)(C)OCC. The molecule has 0 saturated carbocycles. The molecule has 0 radical (unpaired) electrons. The minimum atomic E-state index is -0.0709. The Kier molecular flexibility index (Phi) is 8.04. The van der Waals surface area contributed by atoms with Gasteiger partial charge in [0.2, 0.25) is 0 Å². The number of ether oxygens (including phenoxy) is 1. The molecule has 0 fully saturated rings. The molecule has 0 aromatic carbocycles. The highest BCUT2D eigenvalue weighted by Gasteiger charge is 2.33. The molecule has 2 nitrogen and oxygen atoms in total. The second-order valence-electron chi connectivity index (χ2n) is 5.23. The molecule has 0 aromatic rings. The fourth-order valence-electron chi connectivity index (χ4n) is 2.52. The van der Waals surface area contributed by atoms with E-state index in [1.54, 1.807) is 0 Å². The average molecular weight is 229 g/mol. The summed E-state index contributed by atoms with van der Waals surface area (Å²) in [6, 6.07) is 0.451. The van der Waals surface area contributed by atoms with Crippen molar-refractivity contribution >= 4 is 0 Å². The van der Waals surface area contributed by atoms with Gasteiger partial charge in [-0.15, -0.1) is 0 Å². The summed E-state index contributed by atoms with van der Waals surface area (Å²) in [5.74, 6) is 0.665. The third-order valence-corrected chi connectivity index (χ3v) is 3.19. The summed E-state index contributed by atoms with van der Waals surface area (Å²) >= 11 is 0. The van der Waals surface area contributed by atoms with Gasteiger partial charge in [-0.3, -0.25) is 0 Å². The van der Waals surface area contributed by atoms with Gasteiger partial charge in [0.1, 0.15) is 0 Å². The van der Waals surface area contributed by atoms with Gasteiger partial charge in [0.15, 0.2) is 0 Å². The van der Waals surface area contributed by atoms with Crippen LogP contribution in [0, 0.1) is 5.92 Å². The van der Waals surface area contributed by atoms with Crippen molar-refractivity contribution in [2.24, 2.45) is 5.92 Å². The predicted molar refractivity (Wildman–Crippen MR) is 71.9 cm³/mol. The van der Waals surface area contributed by atoms with Gasteiger partial charge in [-0.25, -0.2) is 0 Å². The highest BCUT2D eigenvalue weighted by atomic mass is 16.5. The van der Waals surface area contributed by atoms with Gasteiger partial charge in [-0.2, -0.15) is 0 Å². The molecular formula is C14H31NO. The molecule has 16 heavy (non-hydrogen) atoms. The first kappa shape index (κ1) is 15.9. The molecule has 2 unspecified atom stereocenters. The van der Waals surface area contributed by atoms with Crippen LogP contribution in [0.4, 0.5) is 0 Å². The lowest BCUT2D eigenvalue weighted by Crippen LogP contribution is -2.52. The summed E-state index contributed by atoms with van der Waals surface area (Å²) in [5.41, 5.74) is -0.0709. The van der Waals surface area contributed by atoms with E-state index in [9.17, 15) is 0 Å². The van der Waals surface area contributed by atoms with Crippen LogP contribution in [0.2, 0.25) is 0 Å². The zero-order valence-electron chi connectivity index (χ0n) is 12.1. The van der Waals surface area contributed by atoms with E-state index in [1.807, 2.05) is 0 Å². The molecule has 0 heterocycles. The minimum absolute atomic E-state index is 0.0709. The lowest BCUT2D eigenvalue weighted by molar-refractivity contribution is -0.0520. The average Bonchev–Trinajstić information content (AvgIpc) is 2.18. The lowest BCUT2D eigenvalue weighted by Gasteiger charge is -2.39. The van der Waals surface area contributed by atoms with Crippen molar-refractivity contribution in [3.8, 4) is 0 Å². The van der Waals surface area contributed by atoms with E-state index < -0.39 is 0 Å². The Hall–Kier alpha value is -0.0800. The standard InChI is InChI=1S/C14H31NO/c1-7-10-12(4)13(15-11-8-2)14(5,6)16-9-3/h12-13,15H,7-11H2,1-6H3. The van der Waals surface area contributed by atoms with Gasteiger partial charge < -0.3 is 10.1 Å². The summed E-state index contributed by atoms with van der Waals surface area (Å²) in [4.78, 5) is 0. The first-order valence-electron chi connectivity index (χ1n) is 6.86. The van der Waals surface area contributed by atoms with E-state index in [0.717, 1.165) is 13.2 Å². The van der Waals surface area contributed by atoms with E-state index in [1.165, 1.54) is 19.3 Å². The van der Waals surface area contributed by atoms with Gasteiger partial charge in [0.05, 0.1) is 5.60 Å². The molecule has 2 atom stereocenters. The highest BCUT2D eigenvalue weighted by Crippen LogP contribution is 2.24. The normalized spacial score (nSPS) is 16.1. The molecule has 1 N–H and O–H groups in total. The molecular weight excluding hydrogens is 198 g/mol. The van der Waals surface area contributed by atoms with Gasteiger partial charge >= 0.3 is 0 Å². The van der Waals surface area contributed by atoms with Crippen molar-refractivity contribution in [3.05, 3.63) is 0 Å². The smallest absolute Gasteiger partial charge is 0.0781 e. The van der Waals surface area contributed by atoms with E-state index >= 15 is 0 Å². The van der Waals surface area contributed by atoms with Crippen LogP contribution in [0.5, 0.6) is 0 Å². The number of nitrogens with one attached hydrogen (secondary N) is 1. The van der Waals surface area contributed by atoms with Gasteiger partial charge in [0, 0.05) is 12.6 Å². The maximum Gasteiger partial charge on any atom is 0.0781 e. The number of hydrogen-bond donors (Lipinski definition) is 1. The third-order valence-electron chi connectivity index (χ3n) is 3.19. The van der Waals surface area contributed by atoms with Crippen LogP contribution in [0.25, 0.3) is 0 Å². The Balaban J connectivity index is 4.49. The first-order valence-corrected chi connectivity index (χ1v) is 6.86. The van der Waals surface area contributed by atoms with Crippen LogP contribution in [-0.4, -0.2) is 24.8 Å². The van der Waals surface area contributed by atoms with Crippen LogP contribution in [-0.2, 0) is 4.74 Å². The predicted octanol–water partition coefficient (Wildman–Crippen LogP) is 3.61. The Morgan fingerprint density at radius 3 is 2.19 bits per heavy atom. The summed E-state index contributed by atoms with van der Waals surface area (Å²) in [6.07, 6.45) is 3.68. The van der Waals surface area contributed by atoms with Crippen LogP contribution in [0.1, 0.15) is 60.8 Å². The lowest BCUT2D eigenvalue weighted by atomic mass is 9.85. The molecule has 2 heteroatoms. The van der Waals surface area contributed by atoms with Crippen molar-refractivity contribution in [2.45, 2.75) is 72.4 Å². The highest BCUT2D eigenvalue weighted by molar-refractivity contribution is 4.89. The number of hydrogen-bond acceptors (Lipinski definition) is 2. The second kappa shape index (κ2) is 8.08. The maximum atomic E-state index is 5.89. The first-order chi connectivity index (χ1) is 7.49. The minimum Gasteiger partial charge on any atom is -0.374 e. The molecule has 98 valence electrons. The summed E-state index contributed by atoms with van der Waals surface area (Å²) in [5, 5.41) is 3.65. The van der Waals surface area contributed by atoms with Gasteiger partial charge in [-0.05, 0) is 46.1 Å². The van der Waals surface area contributed by atoms with Gasteiger partial charge in [0.25, 0.3) is 0 Å². The zero-order chi connectivity index (χ0) is 12.6. The monoisotopic (exact) mass is 229 g/mol. The molecule has 0 rings (SSSR count). The maximum absolute atomic E-state index is 5.89. The zero-order valence-corrected chi connectivity index (χ0v) is 12.1. The molecule has 0 bridgehead atoms. The van der Waals surface area contributed by atoms with Crippen molar-refractivity contribution in [2.75, 3.05) is 13.2 Å². The fraction of sp³-hybridized carbons (Fsp3) is 1.00. The van der Waals surface area contributed by atoms with Crippen molar-refractivity contribution in [3.63, 3.8) is 0 Å². The largest absolute Gasteiger partial charge is 0.374 e. The molecule has 0 aliphatic rings. The van der Waals surface area contributed by atoms with E-state index in [2.05, 4.69) is 46.9 Å². The van der Waals surface area contributed by atoms with Crippen LogP contribution >= 0.6 is 0 Å². The third kappa shape index (κ3) is 5.31. The molecule has 0 amide bonds. The molecule has 0 spiro atoms. The molecule has 0 aliphatic heterocycles. The summed E-state index contributed by atoms with van der Waals surface area (Å²) < 4.78 is 5.89. The van der Waals surface area contributed by atoms with Crippen molar-refractivity contribution in [1.29, 1.82) is 0 Å². The van der Waals surface area contributed by atoms with E-state index in [-0.39, 0.29) is 5.60 Å². The van der Waals surface area contributed by atoms with Crippen LogP contribution in [0.3, 0.4) is 0 Å². The quantitative estimate of drug-likeness (QED) is 0.652.